The summed E-state index contributed by atoms with van der Waals surface area (Å²) in [4.78, 5) is 9.57. The van der Waals surface area contributed by atoms with Gasteiger partial charge in [-0.3, -0.25) is 0 Å². The lowest BCUT2D eigenvalue weighted by atomic mass is 10.00. The molecule has 5 rings (SSSR count). The fourth-order valence-electron chi connectivity index (χ4n) is 4.69. The van der Waals surface area contributed by atoms with E-state index in [1.54, 1.807) is 0 Å². The van der Waals surface area contributed by atoms with Crippen LogP contribution in [0.15, 0.2) is 71.1 Å². The molecule has 5 aromatic rings. The Kier molecular flexibility index (Phi) is 5.67. The van der Waals surface area contributed by atoms with E-state index in [9.17, 15) is 0 Å². The Bertz CT molecular complexity index is 1410. The lowest BCUT2D eigenvalue weighted by Gasteiger charge is -2.23. The van der Waals surface area contributed by atoms with E-state index in [1.165, 1.54) is 22.1 Å². The van der Waals surface area contributed by atoms with Gasteiger partial charge in [-0.2, -0.15) is 0 Å². The molecule has 0 amide bonds. The predicted molar refractivity (Wildman–Crippen MR) is 142 cm³/mol. The maximum atomic E-state index is 6.41. The summed E-state index contributed by atoms with van der Waals surface area (Å²) < 4.78 is 6.41. The summed E-state index contributed by atoms with van der Waals surface area (Å²) in [5.41, 5.74) is 5.21. The topological polar surface area (TPSA) is 32.5 Å². The van der Waals surface area contributed by atoms with Crippen molar-refractivity contribution in [2.45, 2.75) is 26.7 Å². The SMILES string of the molecule is CCCN(CCC)c1ccc(-c2nc3c4ccc(N(C)C)cc4c4ccccc4c3o2)cc1. The lowest BCUT2D eigenvalue weighted by Crippen LogP contribution is -2.24. The van der Waals surface area contributed by atoms with Crippen molar-refractivity contribution in [3.05, 3.63) is 66.7 Å². The van der Waals surface area contributed by atoms with E-state index in [-0.39, 0.29) is 0 Å². The lowest BCUT2D eigenvalue weighted by molar-refractivity contribution is 0.623. The van der Waals surface area contributed by atoms with Crippen molar-refractivity contribution in [1.82, 2.24) is 4.98 Å². The number of nitrogens with zero attached hydrogens (tertiary/aromatic N) is 3. The van der Waals surface area contributed by atoms with Gasteiger partial charge in [-0.15, -0.1) is 0 Å². The zero-order valence-corrected chi connectivity index (χ0v) is 19.9. The third kappa shape index (κ3) is 3.80. The third-order valence-corrected chi connectivity index (χ3v) is 6.33. The van der Waals surface area contributed by atoms with Crippen molar-refractivity contribution < 1.29 is 4.42 Å². The van der Waals surface area contributed by atoms with E-state index in [0.717, 1.165) is 53.4 Å². The van der Waals surface area contributed by atoms with Crippen molar-refractivity contribution in [2.75, 3.05) is 37.0 Å². The van der Waals surface area contributed by atoms with Gasteiger partial charge in [-0.05, 0) is 66.1 Å². The van der Waals surface area contributed by atoms with Gasteiger partial charge < -0.3 is 14.2 Å². The highest BCUT2D eigenvalue weighted by atomic mass is 16.3. The second-order valence-corrected chi connectivity index (χ2v) is 8.90. The first-order chi connectivity index (χ1) is 16.1. The third-order valence-electron chi connectivity index (χ3n) is 6.33. The van der Waals surface area contributed by atoms with E-state index >= 15 is 0 Å². The Hall–Kier alpha value is -3.53. The molecule has 4 nitrogen and oxygen atoms in total. The molecule has 0 aliphatic carbocycles. The molecule has 0 bridgehead atoms. The Balaban J connectivity index is 1.65. The second kappa shape index (κ2) is 8.78. The fourth-order valence-corrected chi connectivity index (χ4v) is 4.69. The minimum absolute atomic E-state index is 0.670. The van der Waals surface area contributed by atoms with E-state index in [4.69, 9.17) is 9.40 Å². The molecular formula is C29H31N3O. The van der Waals surface area contributed by atoms with Gasteiger partial charge in [-0.25, -0.2) is 4.98 Å². The smallest absolute Gasteiger partial charge is 0.227 e. The van der Waals surface area contributed by atoms with Crippen LogP contribution in [-0.4, -0.2) is 32.2 Å². The fraction of sp³-hybridized carbons (Fsp3) is 0.276. The predicted octanol–water partition coefficient (Wildman–Crippen LogP) is 7.49. The molecule has 0 aliphatic heterocycles. The zero-order chi connectivity index (χ0) is 22.9. The first-order valence-corrected chi connectivity index (χ1v) is 11.9. The average molecular weight is 438 g/mol. The molecule has 0 saturated heterocycles. The van der Waals surface area contributed by atoms with Crippen LogP contribution < -0.4 is 9.80 Å². The highest BCUT2D eigenvalue weighted by Crippen LogP contribution is 2.38. The Morgan fingerprint density at radius 2 is 1.39 bits per heavy atom. The van der Waals surface area contributed by atoms with E-state index < -0.39 is 0 Å². The van der Waals surface area contributed by atoms with Crippen molar-refractivity contribution in [3.63, 3.8) is 0 Å². The summed E-state index contributed by atoms with van der Waals surface area (Å²) in [5, 5.41) is 4.62. The maximum absolute atomic E-state index is 6.41. The van der Waals surface area contributed by atoms with Crippen molar-refractivity contribution in [3.8, 4) is 11.5 Å². The summed E-state index contributed by atoms with van der Waals surface area (Å²) in [6, 6.07) is 23.7. The second-order valence-electron chi connectivity index (χ2n) is 8.90. The average Bonchev–Trinajstić information content (AvgIpc) is 3.30. The van der Waals surface area contributed by atoms with Gasteiger partial charge in [0.05, 0.1) is 0 Å². The Labute approximate surface area is 195 Å². The number of oxazole rings is 1. The molecule has 0 saturated carbocycles. The summed E-state index contributed by atoms with van der Waals surface area (Å²) in [6.45, 7) is 6.60. The number of hydrogen-bond acceptors (Lipinski definition) is 4. The molecule has 168 valence electrons. The van der Waals surface area contributed by atoms with Crippen LogP contribution in [0.1, 0.15) is 26.7 Å². The van der Waals surface area contributed by atoms with Crippen LogP contribution in [0, 0.1) is 0 Å². The maximum Gasteiger partial charge on any atom is 0.227 e. The molecule has 0 fully saturated rings. The van der Waals surface area contributed by atoms with Crippen LogP contribution in [0.25, 0.3) is 44.1 Å². The molecule has 0 aliphatic rings. The number of rotatable bonds is 7. The van der Waals surface area contributed by atoms with E-state index in [0.29, 0.717) is 5.89 Å². The molecule has 1 heterocycles. The molecule has 0 N–H and O–H groups in total. The number of benzene rings is 4. The number of aromatic nitrogens is 1. The van der Waals surface area contributed by atoms with E-state index in [1.807, 2.05) is 0 Å². The van der Waals surface area contributed by atoms with Crippen LogP contribution in [0.2, 0.25) is 0 Å². The van der Waals surface area contributed by atoms with Crippen molar-refractivity contribution >= 4 is 44.0 Å². The number of anilines is 2. The summed E-state index contributed by atoms with van der Waals surface area (Å²) in [6.07, 6.45) is 2.28. The number of fused-ring (bicyclic) bond motifs is 6. The monoisotopic (exact) mass is 437 g/mol. The molecule has 4 aromatic carbocycles. The van der Waals surface area contributed by atoms with E-state index in [2.05, 4.69) is 104 Å². The molecule has 33 heavy (non-hydrogen) atoms. The molecule has 0 radical (unpaired) electrons. The van der Waals surface area contributed by atoms with Gasteiger partial charge in [0.15, 0.2) is 5.58 Å². The molecular weight excluding hydrogens is 406 g/mol. The van der Waals surface area contributed by atoms with Crippen LogP contribution >= 0.6 is 0 Å². The quantitative estimate of drug-likeness (QED) is 0.247. The standard InChI is InChI=1S/C29H31N3O/c1-5-17-32(18-6-2)21-13-11-20(12-14-21)29-30-27-24-16-15-22(31(3)4)19-26(24)23-9-7-8-10-25(23)28(27)33-29/h7-16,19H,5-6,17-18H2,1-4H3. The highest BCUT2D eigenvalue weighted by Gasteiger charge is 2.17. The summed E-state index contributed by atoms with van der Waals surface area (Å²) >= 11 is 0. The van der Waals surface area contributed by atoms with Gasteiger partial charge in [-0.1, -0.05) is 38.1 Å². The minimum atomic E-state index is 0.670. The van der Waals surface area contributed by atoms with Crippen LogP contribution in [-0.2, 0) is 0 Å². The number of hydrogen-bond donors (Lipinski definition) is 0. The molecule has 0 atom stereocenters. The van der Waals surface area contributed by atoms with Crippen LogP contribution in [0.4, 0.5) is 11.4 Å². The molecule has 0 spiro atoms. The molecule has 1 aromatic heterocycles. The Morgan fingerprint density at radius 3 is 2.06 bits per heavy atom. The van der Waals surface area contributed by atoms with Gasteiger partial charge in [0, 0.05) is 54.9 Å². The largest absolute Gasteiger partial charge is 0.435 e. The highest BCUT2D eigenvalue weighted by molar-refractivity contribution is 6.23. The Morgan fingerprint density at radius 1 is 0.727 bits per heavy atom. The van der Waals surface area contributed by atoms with Crippen LogP contribution in [0.3, 0.4) is 0 Å². The van der Waals surface area contributed by atoms with Gasteiger partial charge in [0.2, 0.25) is 5.89 Å². The summed E-state index contributed by atoms with van der Waals surface area (Å²) in [7, 11) is 4.14. The van der Waals surface area contributed by atoms with Crippen molar-refractivity contribution in [2.24, 2.45) is 0 Å². The normalized spacial score (nSPS) is 11.5. The minimum Gasteiger partial charge on any atom is -0.435 e. The zero-order valence-electron chi connectivity index (χ0n) is 19.9. The molecule has 0 unspecified atom stereocenters. The van der Waals surface area contributed by atoms with Crippen LogP contribution in [0.5, 0.6) is 0 Å². The van der Waals surface area contributed by atoms with Gasteiger partial charge in [0.25, 0.3) is 0 Å². The summed E-state index contributed by atoms with van der Waals surface area (Å²) in [5.74, 6) is 0.670. The van der Waals surface area contributed by atoms with Gasteiger partial charge >= 0.3 is 0 Å². The first-order valence-electron chi connectivity index (χ1n) is 11.9. The molecule has 4 heteroatoms. The first kappa shape index (κ1) is 21.3. The van der Waals surface area contributed by atoms with Crippen molar-refractivity contribution in [1.29, 1.82) is 0 Å². The van der Waals surface area contributed by atoms with Gasteiger partial charge in [0.1, 0.15) is 5.52 Å².